The van der Waals surface area contributed by atoms with E-state index in [1.807, 2.05) is 11.3 Å². The maximum Gasteiger partial charge on any atom is 0.0468 e. The lowest BCUT2D eigenvalue weighted by molar-refractivity contribution is 1.29. The minimum atomic E-state index is 1.12. The van der Waals surface area contributed by atoms with E-state index in [1.165, 1.54) is 74.7 Å². The van der Waals surface area contributed by atoms with E-state index in [2.05, 4.69) is 193 Å². The van der Waals surface area contributed by atoms with E-state index < -0.39 is 0 Å². The second-order valence-corrected chi connectivity index (χ2v) is 14.0. The Balaban J connectivity index is 1.13. The van der Waals surface area contributed by atoms with Gasteiger partial charge in [-0.15, -0.1) is 11.3 Å². The molecule has 0 radical (unpaired) electrons. The Hall–Kier alpha value is -6.22. The number of hydrogen-bond donors (Lipinski definition) is 0. The minimum absolute atomic E-state index is 1.12. The molecule has 1 nitrogen and oxygen atoms in total. The number of hydrogen-bond acceptors (Lipinski definition) is 2. The lowest BCUT2D eigenvalue weighted by Crippen LogP contribution is -2.10. The molecule has 1 aromatic heterocycles. The van der Waals surface area contributed by atoms with Gasteiger partial charge in [-0.3, -0.25) is 0 Å². The molecule has 0 saturated carbocycles. The Morgan fingerprint density at radius 3 is 1.86 bits per heavy atom. The molecule has 50 heavy (non-hydrogen) atoms. The Labute approximate surface area is 294 Å². The van der Waals surface area contributed by atoms with Crippen LogP contribution in [0.3, 0.4) is 0 Å². The van der Waals surface area contributed by atoms with Gasteiger partial charge in [-0.1, -0.05) is 146 Å². The van der Waals surface area contributed by atoms with E-state index in [-0.39, 0.29) is 0 Å². The van der Waals surface area contributed by atoms with Crippen molar-refractivity contribution >= 4 is 80.9 Å². The zero-order valence-electron chi connectivity index (χ0n) is 27.3. The fourth-order valence-electron chi connectivity index (χ4n) is 7.63. The van der Waals surface area contributed by atoms with Crippen LogP contribution in [0.2, 0.25) is 0 Å². The minimum Gasteiger partial charge on any atom is -0.310 e. The Morgan fingerprint density at radius 1 is 0.340 bits per heavy atom. The van der Waals surface area contributed by atoms with Crippen LogP contribution in [0.1, 0.15) is 0 Å². The summed E-state index contributed by atoms with van der Waals surface area (Å²) in [5, 5.41) is 10.3. The zero-order chi connectivity index (χ0) is 33.0. The number of benzene rings is 9. The SMILES string of the molecule is c1ccc(-c2cccc(N(c3ccc(-c4cccc5c4sc4ccccc45)cc3)c3ccc4c(ccc5ccc6ccccc6c54)c3)c2)cc1. The van der Waals surface area contributed by atoms with Crippen molar-refractivity contribution in [3.05, 3.63) is 188 Å². The van der Waals surface area contributed by atoms with Gasteiger partial charge in [-0.05, 0) is 97.0 Å². The summed E-state index contributed by atoms with van der Waals surface area (Å²) in [5.74, 6) is 0. The smallest absolute Gasteiger partial charge is 0.0468 e. The Kier molecular flexibility index (Phi) is 6.75. The third kappa shape index (κ3) is 4.76. The molecule has 0 atom stereocenters. The maximum absolute atomic E-state index is 2.39. The van der Waals surface area contributed by atoms with Crippen LogP contribution in [0.5, 0.6) is 0 Å². The number of rotatable bonds is 5. The molecule has 0 fully saturated rings. The van der Waals surface area contributed by atoms with Crippen molar-refractivity contribution in [2.24, 2.45) is 0 Å². The monoisotopic (exact) mass is 653 g/mol. The van der Waals surface area contributed by atoms with E-state index in [4.69, 9.17) is 0 Å². The number of nitrogens with zero attached hydrogens (tertiary/aromatic N) is 1. The molecular formula is C48H31NS. The molecule has 0 aliphatic rings. The molecule has 10 rings (SSSR count). The first-order valence-corrected chi connectivity index (χ1v) is 17.9. The Morgan fingerprint density at radius 2 is 0.980 bits per heavy atom. The fourth-order valence-corrected chi connectivity index (χ4v) is 8.87. The Bertz CT molecular complexity index is 2870. The van der Waals surface area contributed by atoms with Crippen molar-refractivity contribution in [2.45, 2.75) is 0 Å². The largest absolute Gasteiger partial charge is 0.310 e. The van der Waals surface area contributed by atoms with Crippen LogP contribution in [0.4, 0.5) is 17.1 Å². The van der Waals surface area contributed by atoms with Gasteiger partial charge >= 0.3 is 0 Å². The summed E-state index contributed by atoms with van der Waals surface area (Å²) in [4.78, 5) is 2.39. The molecule has 0 unspecified atom stereocenters. The lowest BCUT2D eigenvalue weighted by atomic mass is 9.96. The summed E-state index contributed by atoms with van der Waals surface area (Å²) < 4.78 is 2.66. The normalized spacial score (nSPS) is 11.6. The summed E-state index contributed by atoms with van der Waals surface area (Å²) in [6.45, 7) is 0. The van der Waals surface area contributed by atoms with Crippen molar-refractivity contribution < 1.29 is 0 Å². The molecule has 9 aromatic carbocycles. The number of fused-ring (bicyclic) bond motifs is 8. The molecular weight excluding hydrogens is 623 g/mol. The first kappa shape index (κ1) is 28.8. The van der Waals surface area contributed by atoms with Crippen LogP contribution >= 0.6 is 11.3 Å². The first-order chi connectivity index (χ1) is 24.8. The molecule has 234 valence electrons. The quantitative estimate of drug-likeness (QED) is 0.167. The highest BCUT2D eigenvalue weighted by molar-refractivity contribution is 7.26. The highest BCUT2D eigenvalue weighted by Gasteiger charge is 2.17. The van der Waals surface area contributed by atoms with Crippen molar-refractivity contribution in [1.29, 1.82) is 0 Å². The second-order valence-electron chi connectivity index (χ2n) is 12.9. The summed E-state index contributed by atoms with van der Waals surface area (Å²) in [6.07, 6.45) is 0. The molecule has 0 saturated heterocycles. The zero-order valence-corrected chi connectivity index (χ0v) is 28.1. The van der Waals surface area contributed by atoms with Crippen LogP contribution < -0.4 is 4.90 Å². The van der Waals surface area contributed by atoms with Gasteiger partial charge in [0.15, 0.2) is 0 Å². The van der Waals surface area contributed by atoms with Crippen molar-refractivity contribution in [3.63, 3.8) is 0 Å². The topological polar surface area (TPSA) is 3.24 Å². The van der Waals surface area contributed by atoms with E-state index in [1.54, 1.807) is 0 Å². The van der Waals surface area contributed by atoms with Gasteiger partial charge in [0, 0.05) is 37.2 Å². The van der Waals surface area contributed by atoms with Crippen LogP contribution in [0.25, 0.3) is 74.7 Å². The van der Waals surface area contributed by atoms with Crippen LogP contribution in [0, 0.1) is 0 Å². The molecule has 10 aromatic rings. The first-order valence-electron chi connectivity index (χ1n) is 17.1. The molecule has 0 aliphatic carbocycles. The van der Waals surface area contributed by atoms with Crippen molar-refractivity contribution in [2.75, 3.05) is 4.90 Å². The van der Waals surface area contributed by atoms with Gasteiger partial charge in [-0.25, -0.2) is 0 Å². The molecule has 0 amide bonds. The summed E-state index contributed by atoms with van der Waals surface area (Å²) in [5.41, 5.74) is 8.27. The summed E-state index contributed by atoms with van der Waals surface area (Å²) >= 11 is 1.88. The van der Waals surface area contributed by atoms with E-state index in [0.717, 1.165) is 17.1 Å². The predicted molar refractivity (Wildman–Crippen MR) is 217 cm³/mol. The molecule has 0 spiro atoms. The highest BCUT2D eigenvalue weighted by atomic mass is 32.1. The molecule has 0 N–H and O–H groups in total. The number of thiophene rings is 1. The summed E-state index contributed by atoms with van der Waals surface area (Å²) in [7, 11) is 0. The summed E-state index contributed by atoms with van der Waals surface area (Å²) in [6, 6.07) is 68.7. The second kappa shape index (κ2) is 11.7. The number of anilines is 3. The average Bonchev–Trinajstić information content (AvgIpc) is 3.57. The van der Waals surface area contributed by atoms with Gasteiger partial charge in [-0.2, -0.15) is 0 Å². The standard InChI is InChI=1S/C48H31NS/c1-2-10-32(11-3-1)36-13-8-14-39(30-36)49(40-28-29-42-37(31-40)23-22-35-21-20-33-12-4-5-15-41(33)47(35)42)38-26-24-34(25-27-38)43-17-9-18-45-44-16-6-7-19-46(44)50-48(43)45/h1-31H. The van der Waals surface area contributed by atoms with Crippen LogP contribution in [-0.2, 0) is 0 Å². The molecule has 0 bridgehead atoms. The van der Waals surface area contributed by atoms with E-state index in [0.29, 0.717) is 0 Å². The third-order valence-corrected chi connectivity index (χ3v) is 11.2. The highest BCUT2D eigenvalue weighted by Crippen LogP contribution is 2.43. The van der Waals surface area contributed by atoms with Crippen LogP contribution in [-0.4, -0.2) is 0 Å². The van der Waals surface area contributed by atoms with Gasteiger partial charge in [0.05, 0.1) is 0 Å². The van der Waals surface area contributed by atoms with Crippen molar-refractivity contribution in [1.82, 2.24) is 0 Å². The van der Waals surface area contributed by atoms with E-state index in [9.17, 15) is 0 Å². The molecule has 0 aliphatic heterocycles. The molecule has 2 heteroatoms. The van der Waals surface area contributed by atoms with Gasteiger partial charge in [0.1, 0.15) is 0 Å². The third-order valence-electron chi connectivity index (χ3n) is 10.0. The fraction of sp³-hybridized carbons (Fsp3) is 0. The molecule has 1 heterocycles. The average molecular weight is 654 g/mol. The van der Waals surface area contributed by atoms with E-state index >= 15 is 0 Å². The van der Waals surface area contributed by atoms with Gasteiger partial charge < -0.3 is 4.90 Å². The lowest BCUT2D eigenvalue weighted by Gasteiger charge is -2.27. The predicted octanol–water partition coefficient (Wildman–Crippen LogP) is 14.3. The van der Waals surface area contributed by atoms with Gasteiger partial charge in [0.25, 0.3) is 0 Å². The van der Waals surface area contributed by atoms with Crippen molar-refractivity contribution in [3.8, 4) is 22.3 Å². The van der Waals surface area contributed by atoms with Crippen LogP contribution in [0.15, 0.2) is 188 Å². The maximum atomic E-state index is 2.39. The van der Waals surface area contributed by atoms with Gasteiger partial charge in [0.2, 0.25) is 0 Å².